The van der Waals surface area contributed by atoms with E-state index in [0.717, 1.165) is 30.3 Å². The van der Waals surface area contributed by atoms with Crippen molar-refractivity contribution < 1.29 is 4.79 Å². The van der Waals surface area contributed by atoms with Crippen LogP contribution in [0.4, 0.5) is 5.69 Å². The van der Waals surface area contributed by atoms with Crippen LogP contribution in [0.3, 0.4) is 0 Å². The molecule has 6 heteroatoms. The second-order valence-corrected chi connectivity index (χ2v) is 6.76. The highest BCUT2D eigenvalue weighted by Gasteiger charge is 2.12. The fourth-order valence-electron chi connectivity index (χ4n) is 2.83. The van der Waals surface area contributed by atoms with E-state index in [9.17, 15) is 4.79 Å². The Bertz CT molecular complexity index is 664. The maximum absolute atomic E-state index is 12.2. The number of nitrogens with zero attached hydrogens (tertiary/aromatic N) is 2. The molecule has 1 aromatic carbocycles. The number of rotatable bonds is 5. The summed E-state index contributed by atoms with van der Waals surface area (Å²) in [5, 5.41) is 5.44. The van der Waals surface area contributed by atoms with Crippen LogP contribution in [0.2, 0.25) is 0 Å². The van der Waals surface area contributed by atoms with Gasteiger partial charge >= 0.3 is 0 Å². The van der Waals surface area contributed by atoms with E-state index in [2.05, 4.69) is 21.3 Å². The van der Waals surface area contributed by atoms with Gasteiger partial charge in [-0.25, -0.2) is 4.98 Å². The molecule has 122 valence electrons. The zero-order valence-corrected chi connectivity index (χ0v) is 13.9. The molecule has 1 aliphatic heterocycles. The minimum absolute atomic E-state index is 0.184. The minimum atomic E-state index is -0.184. The van der Waals surface area contributed by atoms with E-state index in [1.165, 1.54) is 36.2 Å². The molecule has 0 radical (unpaired) electrons. The zero-order chi connectivity index (χ0) is 16.1. The van der Waals surface area contributed by atoms with E-state index in [4.69, 9.17) is 5.73 Å². The lowest BCUT2D eigenvalue weighted by atomic mass is 10.1. The summed E-state index contributed by atoms with van der Waals surface area (Å²) in [5.74, 6) is -0.184. The molecular weight excluding hydrogens is 308 g/mol. The van der Waals surface area contributed by atoms with E-state index in [1.807, 2.05) is 18.2 Å². The van der Waals surface area contributed by atoms with E-state index in [1.54, 1.807) is 5.38 Å². The van der Waals surface area contributed by atoms with Crippen LogP contribution in [0.5, 0.6) is 0 Å². The van der Waals surface area contributed by atoms with Gasteiger partial charge in [-0.2, -0.15) is 0 Å². The van der Waals surface area contributed by atoms with Crippen LogP contribution in [-0.4, -0.2) is 28.9 Å². The Morgan fingerprint density at radius 3 is 2.87 bits per heavy atom. The van der Waals surface area contributed by atoms with Crippen LogP contribution < -0.4 is 11.1 Å². The lowest BCUT2D eigenvalue weighted by Gasteiger charge is -2.26. The molecule has 0 bridgehead atoms. The number of benzene rings is 1. The Morgan fingerprint density at radius 1 is 1.30 bits per heavy atom. The van der Waals surface area contributed by atoms with Crippen LogP contribution >= 0.6 is 11.3 Å². The summed E-state index contributed by atoms with van der Waals surface area (Å²) in [6.45, 7) is 3.63. The van der Waals surface area contributed by atoms with Crippen molar-refractivity contribution in [2.24, 2.45) is 5.73 Å². The molecule has 0 atom stereocenters. The highest BCUT2D eigenvalue weighted by molar-refractivity contribution is 7.09. The predicted octanol–water partition coefficient (Wildman–Crippen LogP) is 2.84. The van der Waals surface area contributed by atoms with Crippen LogP contribution in [0.25, 0.3) is 0 Å². The lowest BCUT2D eigenvalue weighted by Crippen LogP contribution is -2.29. The van der Waals surface area contributed by atoms with Gasteiger partial charge in [-0.1, -0.05) is 18.6 Å². The van der Waals surface area contributed by atoms with Crippen molar-refractivity contribution in [1.29, 1.82) is 0 Å². The van der Waals surface area contributed by atoms with E-state index < -0.39 is 0 Å². The van der Waals surface area contributed by atoms with Crippen molar-refractivity contribution in [1.82, 2.24) is 9.88 Å². The maximum Gasteiger partial charge on any atom is 0.275 e. The van der Waals surface area contributed by atoms with Crippen molar-refractivity contribution >= 4 is 22.9 Å². The Hall–Kier alpha value is -1.76. The van der Waals surface area contributed by atoms with Crippen molar-refractivity contribution in [3.05, 3.63) is 45.9 Å². The molecule has 3 rings (SSSR count). The Morgan fingerprint density at radius 2 is 2.13 bits per heavy atom. The molecule has 0 aliphatic carbocycles. The van der Waals surface area contributed by atoms with Gasteiger partial charge in [0.1, 0.15) is 10.7 Å². The molecule has 0 unspecified atom stereocenters. The van der Waals surface area contributed by atoms with Crippen LogP contribution in [0.1, 0.15) is 40.3 Å². The molecule has 23 heavy (non-hydrogen) atoms. The highest BCUT2D eigenvalue weighted by atomic mass is 32.1. The number of likely N-dealkylation sites (tertiary alicyclic amines) is 1. The molecule has 1 aliphatic rings. The molecule has 1 amide bonds. The number of piperidine rings is 1. The number of amides is 1. The molecule has 1 fully saturated rings. The fraction of sp³-hybridized carbons (Fsp3) is 0.412. The van der Waals surface area contributed by atoms with E-state index >= 15 is 0 Å². The molecule has 5 nitrogen and oxygen atoms in total. The average Bonchev–Trinajstić information content (AvgIpc) is 3.05. The quantitative estimate of drug-likeness (QED) is 0.884. The number of hydrogen-bond donors (Lipinski definition) is 2. The molecule has 3 N–H and O–H groups in total. The summed E-state index contributed by atoms with van der Waals surface area (Å²) in [5.41, 5.74) is 8.00. The van der Waals surface area contributed by atoms with Crippen LogP contribution in [0.15, 0.2) is 29.6 Å². The minimum Gasteiger partial charge on any atom is -0.325 e. The van der Waals surface area contributed by atoms with E-state index in [-0.39, 0.29) is 5.91 Å². The highest BCUT2D eigenvalue weighted by Crippen LogP contribution is 2.17. The number of carbonyl (C=O) groups excluding carboxylic acids is 1. The maximum atomic E-state index is 12.2. The second-order valence-electron chi connectivity index (χ2n) is 5.82. The van der Waals surface area contributed by atoms with Gasteiger partial charge in [0.25, 0.3) is 5.91 Å². The molecular formula is C17H22N4OS. The standard InChI is InChI=1S/C17H22N4OS/c18-10-16-20-15(12-23-16)17(22)19-14-6-4-5-13(9-14)11-21-7-2-1-3-8-21/h4-6,9,12H,1-3,7-8,10-11,18H2,(H,19,22). The van der Waals surface area contributed by atoms with Gasteiger partial charge < -0.3 is 11.1 Å². The Balaban J connectivity index is 1.63. The topological polar surface area (TPSA) is 71.2 Å². The summed E-state index contributed by atoms with van der Waals surface area (Å²) in [7, 11) is 0. The van der Waals surface area contributed by atoms with Gasteiger partial charge in [0, 0.05) is 24.2 Å². The fourth-order valence-corrected chi connectivity index (χ4v) is 3.48. The number of thiazole rings is 1. The Kier molecular flexibility index (Phi) is 5.38. The summed E-state index contributed by atoms with van der Waals surface area (Å²) in [4.78, 5) is 18.9. The summed E-state index contributed by atoms with van der Waals surface area (Å²) < 4.78 is 0. The van der Waals surface area contributed by atoms with Gasteiger partial charge in [-0.15, -0.1) is 11.3 Å². The Labute approximate surface area is 140 Å². The molecule has 2 aromatic rings. The number of nitrogens with one attached hydrogen (secondary N) is 1. The molecule has 1 aromatic heterocycles. The van der Waals surface area contributed by atoms with Crippen LogP contribution in [0, 0.1) is 0 Å². The first kappa shape index (κ1) is 16.1. The van der Waals surface area contributed by atoms with Gasteiger partial charge in [0.05, 0.1) is 0 Å². The number of aromatic nitrogens is 1. The van der Waals surface area contributed by atoms with Crippen molar-refractivity contribution in [3.63, 3.8) is 0 Å². The number of nitrogens with two attached hydrogens (primary N) is 1. The lowest BCUT2D eigenvalue weighted by molar-refractivity contribution is 0.102. The summed E-state index contributed by atoms with van der Waals surface area (Å²) >= 11 is 1.41. The normalized spacial score (nSPS) is 15.5. The van der Waals surface area contributed by atoms with Crippen molar-refractivity contribution in [2.45, 2.75) is 32.4 Å². The third kappa shape index (κ3) is 4.37. The third-order valence-corrected chi connectivity index (χ3v) is 4.87. The largest absolute Gasteiger partial charge is 0.325 e. The first-order chi connectivity index (χ1) is 11.2. The smallest absolute Gasteiger partial charge is 0.275 e. The SMILES string of the molecule is NCc1nc(C(=O)Nc2cccc(CN3CCCCC3)c2)cs1. The van der Waals surface area contributed by atoms with Gasteiger partial charge in [0.15, 0.2) is 0 Å². The summed E-state index contributed by atoms with van der Waals surface area (Å²) in [6.07, 6.45) is 3.90. The summed E-state index contributed by atoms with van der Waals surface area (Å²) in [6, 6.07) is 8.05. The first-order valence-electron chi connectivity index (χ1n) is 8.02. The molecule has 0 spiro atoms. The second kappa shape index (κ2) is 7.68. The van der Waals surface area contributed by atoms with Gasteiger partial charge in [-0.3, -0.25) is 9.69 Å². The molecule has 0 saturated carbocycles. The monoisotopic (exact) mass is 330 g/mol. The predicted molar refractivity (Wildman–Crippen MR) is 93.5 cm³/mol. The number of anilines is 1. The van der Waals surface area contributed by atoms with Crippen LogP contribution in [-0.2, 0) is 13.1 Å². The van der Waals surface area contributed by atoms with Gasteiger partial charge in [0.2, 0.25) is 0 Å². The van der Waals surface area contributed by atoms with Crippen molar-refractivity contribution in [3.8, 4) is 0 Å². The molecule has 1 saturated heterocycles. The van der Waals surface area contributed by atoms with Crippen molar-refractivity contribution in [2.75, 3.05) is 18.4 Å². The first-order valence-corrected chi connectivity index (χ1v) is 8.89. The third-order valence-electron chi connectivity index (χ3n) is 4.00. The number of carbonyl (C=O) groups is 1. The molecule has 2 heterocycles. The van der Waals surface area contributed by atoms with E-state index in [0.29, 0.717) is 12.2 Å². The zero-order valence-electron chi connectivity index (χ0n) is 13.1. The number of hydrogen-bond acceptors (Lipinski definition) is 5. The van der Waals surface area contributed by atoms with Gasteiger partial charge in [-0.05, 0) is 43.6 Å². The average molecular weight is 330 g/mol.